The molecule has 94 valence electrons. The van der Waals surface area contributed by atoms with Gasteiger partial charge in [0.15, 0.2) is 0 Å². The predicted octanol–water partition coefficient (Wildman–Crippen LogP) is 3.92. The SMILES string of the molecule is Nc1cc(F)c(Br)cc1NCc1cccc(F)c1. The van der Waals surface area contributed by atoms with E-state index in [1.807, 2.05) is 0 Å². The lowest BCUT2D eigenvalue weighted by Crippen LogP contribution is -2.03. The summed E-state index contributed by atoms with van der Waals surface area (Å²) >= 11 is 3.09. The van der Waals surface area contributed by atoms with Crippen molar-refractivity contribution in [1.82, 2.24) is 0 Å². The van der Waals surface area contributed by atoms with Gasteiger partial charge >= 0.3 is 0 Å². The number of nitrogens with one attached hydrogen (secondary N) is 1. The molecule has 2 aromatic rings. The molecule has 0 bridgehead atoms. The molecule has 0 radical (unpaired) electrons. The van der Waals surface area contributed by atoms with Crippen molar-refractivity contribution in [3.8, 4) is 0 Å². The second-order valence-electron chi connectivity index (χ2n) is 3.84. The van der Waals surface area contributed by atoms with E-state index in [2.05, 4.69) is 21.2 Å². The lowest BCUT2D eigenvalue weighted by Gasteiger charge is -2.10. The Labute approximate surface area is 112 Å². The van der Waals surface area contributed by atoms with Crippen LogP contribution in [0.2, 0.25) is 0 Å². The van der Waals surface area contributed by atoms with Crippen molar-refractivity contribution < 1.29 is 8.78 Å². The molecule has 0 spiro atoms. The molecule has 0 atom stereocenters. The average Bonchev–Trinajstić information content (AvgIpc) is 2.32. The second-order valence-corrected chi connectivity index (χ2v) is 4.69. The van der Waals surface area contributed by atoms with Crippen molar-refractivity contribution >= 4 is 27.3 Å². The summed E-state index contributed by atoms with van der Waals surface area (Å²) in [5.74, 6) is -0.702. The van der Waals surface area contributed by atoms with Gasteiger partial charge < -0.3 is 11.1 Å². The summed E-state index contributed by atoms with van der Waals surface area (Å²) in [4.78, 5) is 0. The lowest BCUT2D eigenvalue weighted by molar-refractivity contribution is 0.622. The maximum atomic E-state index is 13.2. The monoisotopic (exact) mass is 312 g/mol. The molecule has 0 aliphatic heterocycles. The Balaban J connectivity index is 2.13. The van der Waals surface area contributed by atoms with Crippen LogP contribution in [0.15, 0.2) is 40.9 Å². The molecule has 18 heavy (non-hydrogen) atoms. The third-order valence-electron chi connectivity index (χ3n) is 2.46. The summed E-state index contributed by atoms with van der Waals surface area (Å²) < 4.78 is 26.5. The zero-order valence-corrected chi connectivity index (χ0v) is 11.0. The summed E-state index contributed by atoms with van der Waals surface area (Å²) in [5, 5.41) is 3.04. The third kappa shape index (κ3) is 2.98. The minimum absolute atomic E-state index is 0.289. The first-order valence-corrected chi connectivity index (χ1v) is 6.08. The molecule has 0 heterocycles. The maximum Gasteiger partial charge on any atom is 0.139 e. The fraction of sp³-hybridized carbons (Fsp3) is 0.0769. The van der Waals surface area contributed by atoms with E-state index in [4.69, 9.17) is 5.73 Å². The fourth-order valence-corrected chi connectivity index (χ4v) is 1.90. The molecular formula is C13H11BrF2N2. The van der Waals surface area contributed by atoms with Crippen LogP contribution in [0.5, 0.6) is 0 Å². The van der Waals surface area contributed by atoms with Gasteiger partial charge in [-0.25, -0.2) is 8.78 Å². The van der Waals surface area contributed by atoms with E-state index in [0.29, 0.717) is 22.4 Å². The van der Waals surface area contributed by atoms with Crippen LogP contribution in [0.3, 0.4) is 0 Å². The minimum atomic E-state index is -0.413. The summed E-state index contributed by atoms with van der Waals surface area (Å²) in [5.41, 5.74) is 7.39. The number of anilines is 2. The molecule has 2 nitrogen and oxygen atoms in total. The molecule has 2 aromatic carbocycles. The Morgan fingerprint density at radius 3 is 2.67 bits per heavy atom. The number of hydrogen-bond acceptors (Lipinski definition) is 2. The Kier molecular flexibility index (Phi) is 3.81. The van der Waals surface area contributed by atoms with Crippen LogP contribution in [-0.2, 0) is 6.54 Å². The number of nitrogens with two attached hydrogens (primary N) is 1. The van der Waals surface area contributed by atoms with E-state index in [0.717, 1.165) is 5.56 Å². The summed E-state index contributed by atoms with van der Waals surface area (Å²) in [6, 6.07) is 9.04. The highest BCUT2D eigenvalue weighted by molar-refractivity contribution is 9.10. The summed E-state index contributed by atoms with van der Waals surface area (Å²) in [6.45, 7) is 0.417. The van der Waals surface area contributed by atoms with Gasteiger partial charge in [-0.3, -0.25) is 0 Å². The maximum absolute atomic E-state index is 13.2. The largest absolute Gasteiger partial charge is 0.397 e. The highest BCUT2D eigenvalue weighted by Gasteiger charge is 2.05. The molecule has 0 aromatic heterocycles. The van der Waals surface area contributed by atoms with Crippen LogP contribution >= 0.6 is 15.9 Å². The van der Waals surface area contributed by atoms with Crippen LogP contribution < -0.4 is 11.1 Å². The Bertz CT molecular complexity index is 573. The lowest BCUT2D eigenvalue weighted by atomic mass is 10.2. The van der Waals surface area contributed by atoms with Crippen LogP contribution in [0, 0.1) is 11.6 Å². The Morgan fingerprint density at radius 2 is 1.94 bits per heavy atom. The quantitative estimate of drug-likeness (QED) is 0.843. The van der Waals surface area contributed by atoms with Gasteiger partial charge in [0.05, 0.1) is 15.8 Å². The van der Waals surface area contributed by atoms with Crippen molar-refractivity contribution in [3.63, 3.8) is 0 Å². The average molecular weight is 313 g/mol. The van der Waals surface area contributed by atoms with Crippen molar-refractivity contribution in [2.24, 2.45) is 0 Å². The first kappa shape index (κ1) is 12.8. The smallest absolute Gasteiger partial charge is 0.139 e. The van der Waals surface area contributed by atoms with E-state index >= 15 is 0 Å². The van der Waals surface area contributed by atoms with Crippen LogP contribution in [0.1, 0.15) is 5.56 Å². The Hall–Kier alpha value is -1.62. The van der Waals surface area contributed by atoms with Gasteiger partial charge in [0.25, 0.3) is 0 Å². The molecule has 0 aliphatic carbocycles. The molecule has 0 fully saturated rings. The molecule has 0 saturated heterocycles. The van der Waals surface area contributed by atoms with Gasteiger partial charge in [-0.15, -0.1) is 0 Å². The predicted molar refractivity (Wildman–Crippen MR) is 72.2 cm³/mol. The number of benzene rings is 2. The molecule has 2 rings (SSSR count). The molecular weight excluding hydrogens is 302 g/mol. The zero-order valence-electron chi connectivity index (χ0n) is 9.38. The molecule has 0 unspecified atom stereocenters. The first-order valence-electron chi connectivity index (χ1n) is 5.29. The molecule has 5 heteroatoms. The number of rotatable bonds is 3. The van der Waals surface area contributed by atoms with Gasteiger partial charge in [0.1, 0.15) is 11.6 Å². The third-order valence-corrected chi connectivity index (χ3v) is 3.07. The van der Waals surface area contributed by atoms with E-state index < -0.39 is 5.82 Å². The van der Waals surface area contributed by atoms with Crippen LogP contribution in [-0.4, -0.2) is 0 Å². The van der Waals surface area contributed by atoms with Crippen molar-refractivity contribution in [2.45, 2.75) is 6.54 Å². The summed E-state index contributed by atoms with van der Waals surface area (Å²) in [6.07, 6.45) is 0. The topological polar surface area (TPSA) is 38.0 Å². The number of nitrogen functional groups attached to an aromatic ring is 1. The van der Waals surface area contributed by atoms with Gasteiger partial charge in [0.2, 0.25) is 0 Å². The Morgan fingerprint density at radius 1 is 1.17 bits per heavy atom. The van der Waals surface area contributed by atoms with E-state index in [-0.39, 0.29) is 5.82 Å². The van der Waals surface area contributed by atoms with E-state index in [1.165, 1.54) is 18.2 Å². The van der Waals surface area contributed by atoms with Crippen molar-refractivity contribution in [1.29, 1.82) is 0 Å². The van der Waals surface area contributed by atoms with Crippen molar-refractivity contribution in [3.05, 3.63) is 58.1 Å². The zero-order chi connectivity index (χ0) is 13.1. The number of halogens is 3. The molecule has 0 saturated carbocycles. The molecule has 0 amide bonds. The normalized spacial score (nSPS) is 10.4. The highest BCUT2D eigenvalue weighted by Crippen LogP contribution is 2.27. The van der Waals surface area contributed by atoms with Crippen LogP contribution in [0.25, 0.3) is 0 Å². The highest BCUT2D eigenvalue weighted by atomic mass is 79.9. The van der Waals surface area contributed by atoms with E-state index in [9.17, 15) is 8.78 Å². The van der Waals surface area contributed by atoms with Gasteiger partial charge in [0, 0.05) is 12.6 Å². The standard InChI is InChI=1S/C13H11BrF2N2/c14-10-5-13(12(17)6-11(10)16)18-7-8-2-1-3-9(15)4-8/h1-6,18H,7,17H2. The minimum Gasteiger partial charge on any atom is -0.397 e. The van der Waals surface area contributed by atoms with E-state index in [1.54, 1.807) is 18.2 Å². The van der Waals surface area contributed by atoms with Crippen molar-refractivity contribution in [2.75, 3.05) is 11.1 Å². The van der Waals surface area contributed by atoms with Gasteiger partial charge in [-0.05, 0) is 39.7 Å². The van der Waals surface area contributed by atoms with Gasteiger partial charge in [-0.1, -0.05) is 12.1 Å². The molecule has 0 aliphatic rings. The number of hydrogen-bond donors (Lipinski definition) is 2. The second kappa shape index (κ2) is 5.35. The summed E-state index contributed by atoms with van der Waals surface area (Å²) in [7, 11) is 0. The molecule has 3 N–H and O–H groups in total. The van der Waals surface area contributed by atoms with Crippen LogP contribution in [0.4, 0.5) is 20.2 Å². The van der Waals surface area contributed by atoms with Gasteiger partial charge in [-0.2, -0.15) is 0 Å². The fourth-order valence-electron chi connectivity index (χ4n) is 1.56. The first-order chi connectivity index (χ1) is 8.56.